The molecule has 0 aliphatic heterocycles. The molecule has 0 heterocycles. The summed E-state index contributed by atoms with van der Waals surface area (Å²) in [5.74, 6) is -4.85. The maximum Gasteiger partial charge on any atom is 0.446 e. The van der Waals surface area contributed by atoms with Crippen LogP contribution in [-0.2, 0) is 6.54 Å². The SMILES string of the molecule is CN(C(=O)N(Cc1ccccc1)C(=O)c1c(F)cccc1F)c1ccc(SC(F)(F)F)cc1F. The van der Waals surface area contributed by atoms with Gasteiger partial charge in [0.1, 0.15) is 23.0 Å². The van der Waals surface area contributed by atoms with Crippen LogP contribution >= 0.6 is 11.8 Å². The van der Waals surface area contributed by atoms with Gasteiger partial charge in [-0.1, -0.05) is 36.4 Å². The Labute approximate surface area is 194 Å². The monoisotopic (exact) mass is 498 g/mol. The van der Waals surface area contributed by atoms with Crippen molar-refractivity contribution in [1.82, 2.24) is 4.90 Å². The van der Waals surface area contributed by atoms with E-state index in [1.54, 1.807) is 30.3 Å². The van der Waals surface area contributed by atoms with Crippen molar-refractivity contribution in [2.45, 2.75) is 16.9 Å². The van der Waals surface area contributed by atoms with Crippen LogP contribution in [0.5, 0.6) is 0 Å². The first-order valence-corrected chi connectivity index (χ1v) is 10.4. The Morgan fingerprint density at radius 1 is 0.853 bits per heavy atom. The number of thioether (sulfide) groups is 1. The van der Waals surface area contributed by atoms with Crippen molar-refractivity contribution in [2.24, 2.45) is 0 Å². The highest BCUT2D eigenvalue weighted by Crippen LogP contribution is 2.38. The lowest BCUT2D eigenvalue weighted by molar-refractivity contribution is -0.0328. The summed E-state index contributed by atoms with van der Waals surface area (Å²) < 4.78 is 80.8. The smallest absolute Gasteiger partial charge is 0.294 e. The molecule has 3 amide bonds. The number of anilines is 1. The molecule has 3 rings (SSSR count). The van der Waals surface area contributed by atoms with Crippen molar-refractivity contribution in [2.75, 3.05) is 11.9 Å². The molecule has 11 heteroatoms. The fourth-order valence-electron chi connectivity index (χ4n) is 3.07. The van der Waals surface area contributed by atoms with Gasteiger partial charge in [0, 0.05) is 11.9 Å². The summed E-state index contributed by atoms with van der Waals surface area (Å²) in [4.78, 5) is 27.0. The minimum absolute atomic E-state index is 0.403. The second-order valence-corrected chi connectivity index (χ2v) is 8.11. The predicted molar refractivity (Wildman–Crippen MR) is 115 cm³/mol. The van der Waals surface area contributed by atoms with E-state index in [2.05, 4.69) is 0 Å². The van der Waals surface area contributed by atoms with Gasteiger partial charge in [-0.25, -0.2) is 18.0 Å². The maximum atomic E-state index is 14.6. The molecule has 0 bridgehead atoms. The van der Waals surface area contributed by atoms with Crippen LogP contribution in [0.4, 0.5) is 36.8 Å². The standard InChI is InChI=1S/C23H16F6N2O2S/c1-30(19-11-10-15(12-18(19)26)34-23(27,28)29)22(33)31(13-14-6-3-2-4-7-14)21(32)20-16(24)8-5-9-17(20)25/h2-12H,13H2,1H3. The van der Waals surface area contributed by atoms with E-state index < -0.39 is 69.4 Å². The van der Waals surface area contributed by atoms with Gasteiger partial charge in [0.05, 0.1) is 12.2 Å². The average Bonchev–Trinajstić information content (AvgIpc) is 2.76. The molecule has 0 N–H and O–H groups in total. The summed E-state index contributed by atoms with van der Waals surface area (Å²) in [6, 6.07) is 12.1. The molecule has 0 spiro atoms. The first-order valence-electron chi connectivity index (χ1n) is 9.60. The van der Waals surface area contributed by atoms with E-state index in [0.29, 0.717) is 21.4 Å². The molecule has 0 aliphatic rings. The van der Waals surface area contributed by atoms with Crippen molar-refractivity contribution in [3.63, 3.8) is 0 Å². The Kier molecular flexibility index (Phi) is 7.55. The highest BCUT2D eigenvalue weighted by Gasteiger charge is 2.32. The lowest BCUT2D eigenvalue weighted by Crippen LogP contribution is -2.45. The molecule has 0 atom stereocenters. The van der Waals surface area contributed by atoms with Crippen molar-refractivity contribution >= 4 is 29.4 Å². The van der Waals surface area contributed by atoms with E-state index in [0.717, 1.165) is 37.4 Å². The number of rotatable bonds is 5. The molecular formula is C23H16F6N2O2S. The van der Waals surface area contributed by atoms with Crippen LogP contribution < -0.4 is 4.90 Å². The molecule has 4 nitrogen and oxygen atoms in total. The van der Waals surface area contributed by atoms with Gasteiger partial charge >= 0.3 is 11.5 Å². The molecule has 0 aromatic heterocycles. The molecule has 178 valence electrons. The van der Waals surface area contributed by atoms with Crippen LogP contribution in [0.2, 0.25) is 0 Å². The third kappa shape index (κ3) is 5.90. The fraction of sp³-hybridized carbons (Fsp3) is 0.130. The normalized spacial score (nSPS) is 11.3. The number of amides is 3. The highest BCUT2D eigenvalue weighted by molar-refractivity contribution is 8.00. The number of halogens is 6. The van der Waals surface area contributed by atoms with Gasteiger partial charge in [-0.2, -0.15) is 13.2 Å². The third-order valence-electron chi connectivity index (χ3n) is 4.64. The second kappa shape index (κ2) is 10.2. The summed E-state index contributed by atoms with van der Waals surface area (Å²) in [6.45, 7) is -0.403. The van der Waals surface area contributed by atoms with Gasteiger partial charge in [0.2, 0.25) is 0 Å². The Hall–Kier alpha value is -3.47. The lowest BCUT2D eigenvalue weighted by Gasteiger charge is -2.27. The summed E-state index contributed by atoms with van der Waals surface area (Å²) in [5, 5.41) is 0. The van der Waals surface area contributed by atoms with E-state index >= 15 is 0 Å². The Bertz CT molecular complexity index is 1180. The van der Waals surface area contributed by atoms with Gasteiger partial charge in [0.15, 0.2) is 0 Å². The first-order chi connectivity index (χ1) is 16.0. The number of nitrogens with zero attached hydrogens (tertiary/aromatic N) is 2. The Balaban J connectivity index is 1.97. The maximum absolute atomic E-state index is 14.6. The largest absolute Gasteiger partial charge is 0.446 e. The summed E-state index contributed by atoms with van der Waals surface area (Å²) in [7, 11) is 1.08. The summed E-state index contributed by atoms with van der Waals surface area (Å²) in [6.07, 6.45) is 0. The number of hydrogen-bond donors (Lipinski definition) is 0. The van der Waals surface area contributed by atoms with Gasteiger partial charge < -0.3 is 0 Å². The quantitative estimate of drug-likeness (QED) is 0.294. The van der Waals surface area contributed by atoms with Crippen LogP contribution in [0.1, 0.15) is 15.9 Å². The number of urea groups is 1. The number of alkyl halides is 3. The summed E-state index contributed by atoms with van der Waals surface area (Å²) >= 11 is -0.534. The highest BCUT2D eigenvalue weighted by atomic mass is 32.2. The molecule has 0 unspecified atom stereocenters. The first kappa shape index (κ1) is 25.2. The number of benzene rings is 3. The molecule has 3 aromatic rings. The third-order valence-corrected chi connectivity index (χ3v) is 5.36. The van der Waals surface area contributed by atoms with Crippen molar-refractivity contribution in [3.05, 3.63) is 95.3 Å². The van der Waals surface area contributed by atoms with Gasteiger partial charge in [-0.05, 0) is 47.7 Å². The van der Waals surface area contributed by atoms with Crippen LogP contribution in [-0.4, -0.2) is 29.4 Å². The van der Waals surface area contributed by atoms with E-state index in [1.165, 1.54) is 0 Å². The molecule has 0 saturated carbocycles. The molecule has 0 fully saturated rings. The number of carbonyl (C=O) groups is 2. The summed E-state index contributed by atoms with van der Waals surface area (Å²) in [5.41, 5.74) is -5.61. The van der Waals surface area contributed by atoms with E-state index in [9.17, 15) is 35.9 Å². The minimum atomic E-state index is -4.64. The van der Waals surface area contributed by atoms with Gasteiger partial charge in [-0.3, -0.25) is 14.6 Å². The van der Waals surface area contributed by atoms with Crippen molar-refractivity contribution < 1.29 is 35.9 Å². The van der Waals surface area contributed by atoms with E-state index in [-0.39, 0.29) is 0 Å². The van der Waals surface area contributed by atoms with Crippen molar-refractivity contribution in [1.29, 1.82) is 0 Å². The van der Waals surface area contributed by atoms with Crippen molar-refractivity contribution in [3.8, 4) is 0 Å². The van der Waals surface area contributed by atoms with Gasteiger partial charge in [-0.15, -0.1) is 0 Å². The molecule has 34 heavy (non-hydrogen) atoms. The molecular weight excluding hydrogens is 482 g/mol. The Morgan fingerprint density at radius 2 is 1.47 bits per heavy atom. The van der Waals surface area contributed by atoms with Gasteiger partial charge in [0.25, 0.3) is 5.91 Å². The molecule has 0 radical (unpaired) electrons. The van der Waals surface area contributed by atoms with E-state index in [4.69, 9.17) is 0 Å². The van der Waals surface area contributed by atoms with Crippen LogP contribution in [0.3, 0.4) is 0 Å². The zero-order valence-electron chi connectivity index (χ0n) is 17.4. The molecule has 0 aliphatic carbocycles. The number of hydrogen-bond acceptors (Lipinski definition) is 3. The van der Waals surface area contributed by atoms with Crippen LogP contribution in [0.15, 0.2) is 71.6 Å². The molecule has 3 aromatic carbocycles. The topological polar surface area (TPSA) is 40.6 Å². The molecule has 0 saturated heterocycles. The fourth-order valence-corrected chi connectivity index (χ4v) is 3.64. The average molecular weight is 498 g/mol. The van der Waals surface area contributed by atoms with Crippen LogP contribution in [0.25, 0.3) is 0 Å². The van der Waals surface area contributed by atoms with Crippen LogP contribution in [0, 0.1) is 17.5 Å². The zero-order valence-corrected chi connectivity index (χ0v) is 18.3. The zero-order chi connectivity index (χ0) is 25.0. The Morgan fingerprint density at radius 3 is 2.03 bits per heavy atom. The predicted octanol–water partition coefficient (Wildman–Crippen LogP) is 6.61. The second-order valence-electron chi connectivity index (χ2n) is 6.98. The van der Waals surface area contributed by atoms with E-state index in [1.807, 2.05) is 0 Å². The lowest BCUT2D eigenvalue weighted by atomic mass is 10.1. The minimum Gasteiger partial charge on any atom is -0.294 e. The number of carbonyl (C=O) groups excluding carboxylic acids is 2. The number of imide groups is 1.